The maximum Gasteiger partial charge on any atom is 0.359 e. The smallest absolute Gasteiger partial charge is 0.359 e. The minimum atomic E-state index is -0.632. The second-order valence-electron chi connectivity index (χ2n) is 7.14. The van der Waals surface area contributed by atoms with Crippen LogP contribution < -0.4 is 10.9 Å². The third kappa shape index (κ3) is 5.40. The molecule has 10 heteroatoms. The number of hydrogen-bond donors (Lipinski definition) is 1. The highest BCUT2D eigenvalue weighted by atomic mass is 79.9. The number of carbonyl (C=O) groups is 2. The number of thioether (sulfide) groups is 1. The van der Waals surface area contributed by atoms with E-state index in [9.17, 15) is 14.4 Å². The van der Waals surface area contributed by atoms with E-state index in [0.29, 0.717) is 21.8 Å². The Bertz CT molecular complexity index is 1390. The number of nitrogens with one attached hydrogen (secondary N) is 1. The number of nitrogens with zero attached hydrogens (tertiary/aromatic N) is 2. The number of thiophene rings is 1. The second-order valence-corrected chi connectivity index (χ2v) is 9.92. The zero-order valence-electron chi connectivity index (χ0n) is 18.1. The largest absolute Gasteiger partial charge is 0.461 e. The Hall–Kier alpha value is -2.95. The summed E-state index contributed by atoms with van der Waals surface area (Å²) in [5, 5.41) is 9.75. The third-order valence-corrected chi connectivity index (χ3v) is 7.22. The molecule has 0 aliphatic carbocycles. The number of benzene rings is 2. The second kappa shape index (κ2) is 11.0. The summed E-state index contributed by atoms with van der Waals surface area (Å²) in [5.74, 6) is 0.0684. The van der Waals surface area contributed by atoms with Gasteiger partial charge in [-0.25, -0.2) is 4.79 Å². The van der Waals surface area contributed by atoms with Crippen LogP contribution >= 0.6 is 39.0 Å². The van der Waals surface area contributed by atoms with Gasteiger partial charge >= 0.3 is 5.97 Å². The van der Waals surface area contributed by atoms with Crippen LogP contribution in [0.2, 0.25) is 0 Å². The Morgan fingerprint density at radius 3 is 2.59 bits per heavy atom. The van der Waals surface area contributed by atoms with Gasteiger partial charge < -0.3 is 10.1 Å². The Balaban J connectivity index is 1.66. The van der Waals surface area contributed by atoms with E-state index in [2.05, 4.69) is 26.3 Å². The van der Waals surface area contributed by atoms with Crippen molar-refractivity contribution in [2.75, 3.05) is 17.7 Å². The van der Waals surface area contributed by atoms with Crippen molar-refractivity contribution < 1.29 is 14.3 Å². The molecule has 0 bridgehead atoms. The lowest BCUT2D eigenvalue weighted by molar-refractivity contribution is -0.113. The summed E-state index contributed by atoms with van der Waals surface area (Å²) in [6.07, 6.45) is 0. The molecular weight excluding hydrogens is 538 g/mol. The van der Waals surface area contributed by atoms with Gasteiger partial charge in [-0.1, -0.05) is 46.3 Å². The van der Waals surface area contributed by atoms with Gasteiger partial charge in [0.05, 0.1) is 23.4 Å². The topological polar surface area (TPSA) is 90.3 Å². The lowest BCUT2D eigenvalue weighted by atomic mass is 10.2. The molecule has 4 aromatic rings. The predicted molar refractivity (Wildman–Crippen MR) is 140 cm³/mol. The van der Waals surface area contributed by atoms with Crippen LogP contribution in [-0.4, -0.2) is 34.0 Å². The molecule has 1 amide bonds. The quantitative estimate of drug-likeness (QED) is 0.297. The Labute approximate surface area is 212 Å². The van der Waals surface area contributed by atoms with Gasteiger partial charge in [0.15, 0.2) is 5.69 Å². The van der Waals surface area contributed by atoms with E-state index in [4.69, 9.17) is 4.74 Å². The number of rotatable bonds is 8. The van der Waals surface area contributed by atoms with Gasteiger partial charge in [-0.05, 0) is 36.8 Å². The standard InChI is InChI=1S/C24H20BrN3O4S2/c1-2-32-24(31)21-18-13-34-22(26-19(29)14-33-12-15-6-4-3-5-7-15)20(18)23(30)28(27-21)17-10-8-16(25)9-11-17/h3-11,13H,2,12,14H2,1H3,(H,26,29). The lowest BCUT2D eigenvalue weighted by Gasteiger charge is -2.10. The van der Waals surface area contributed by atoms with E-state index in [1.54, 1.807) is 36.6 Å². The molecule has 0 saturated heterocycles. The fourth-order valence-corrected chi connectivity index (χ4v) is 5.25. The molecule has 0 aliphatic heterocycles. The number of amides is 1. The summed E-state index contributed by atoms with van der Waals surface area (Å²) in [4.78, 5) is 38.6. The van der Waals surface area contributed by atoms with Crippen molar-refractivity contribution in [3.63, 3.8) is 0 Å². The summed E-state index contributed by atoms with van der Waals surface area (Å²) < 4.78 is 7.16. The van der Waals surface area contributed by atoms with Crippen molar-refractivity contribution in [1.82, 2.24) is 9.78 Å². The van der Waals surface area contributed by atoms with Crippen molar-refractivity contribution in [3.05, 3.63) is 86.1 Å². The number of carbonyl (C=O) groups excluding carboxylic acids is 2. The van der Waals surface area contributed by atoms with Crippen LogP contribution in [0, 0.1) is 0 Å². The Morgan fingerprint density at radius 1 is 1.15 bits per heavy atom. The number of esters is 1. The molecule has 0 unspecified atom stereocenters. The monoisotopic (exact) mass is 557 g/mol. The highest BCUT2D eigenvalue weighted by molar-refractivity contribution is 9.10. The molecule has 4 rings (SSSR count). The minimum Gasteiger partial charge on any atom is -0.461 e. The minimum absolute atomic E-state index is 0.0228. The molecule has 0 aliphatic rings. The highest BCUT2D eigenvalue weighted by Crippen LogP contribution is 2.31. The van der Waals surface area contributed by atoms with Crippen molar-refractivity contribution in [3.8, 4) is 5.69 Å². The molecule has 34 heavy (non-hydrogen) atoms. The predicted octanol–water partition coefficient (Wildman–Crippen LogP) is 5.26. The van der Waals surface area contributed by atoms with Crippen LogP contribution in [0.25, 0.3) is 16.5 Å². The van der Waals surface area contributed by atoms with Gasteiger partial charge in [-0.3, -0.25) is 9.59 Å². The molecule has 0 saturated carbocycles. The Morgan fingerprint density at radius 2 is 1.88 bits per heavy atom. The summed E-state index contributed by atoms with van der Waals surface area (Å²) in [5.41, 5.74) is 1.21. The van der Waals surface area contributed by atoms with Crippen LogP contribution in [0.4, 0.5) is 5.00 Å². The van der Waals surface area contributed by atoms with Crippen LogP contribution in [0.15, 0.2) is 69.2 Å². The molecular formula is C24H20BrN3O4S2. The van der Waals surface area contributed by atoms with Crippen molar-refractivity contribution in [2.45, 2.75) is 12.7 Å². The maximum absolute atomic E-state index is 13.4. The highest BCUT2D eigenvalue weighted by Gasteiger charge is 2.23. The molecule has 2 aromatic carbocycles. The fraction of sp³-hybridized carbons (Fsp3) is 0.167. The summed E-state index contributed by atoms with van der Waals surface area (Å²) in [6.45, 7) is 1.87. The number of halogens is 1. The average molecular weight is 558 g/mol. The SMILES string of the molecule is CCOC(=O)c1nn(-c2ccc(Br)cc2)c(=O)c2c(NC(=O)CSCc3ccccc3)scc12. The first-order chi connectivity index (χ1) is 16.5. The van der Waals surface area contributed by atoms with Gasteiger partial charge in [0.1, 0.15) is 5.00 Å². The zero-order valence-corrected chi connectivity index (χ0v) is 21.3. The molecule has 1 N–H and O–H groups in total. The Kier molecular flexibility index (Phi) is 7.81. The number of anilines is 1. The van der Waals surface area contributed by atoms with Crippen molar-refractivity contribution >= 4 is 66.7 Å². The third-order valence-electron chi connectivity index (χ3n) is 4.79. The number of fused-ring (bicyclic) bond motifs is 1. The van der Waals surface area contributed by atoms with Gasteiger partial charge in [-0.15, -0.1) is 23.1 Å². The normalized spacial score (nSPS) is 10.9. The van der Waals surface area contributed by atoms with E-state index < -0.39 is 11.5 Å². The van der Waals surface area contributed by atoms with Crippen LogP contribution in [-0.2, 0) is 15.3 Å². The first kappa shape index (κ1) is 24.2. The molecule has 2 aromatic heterocycles. The van der Waals surface area contributed by atoms with E-state index in [0.717, 1.165) is 14.7 Å². The van der Waals surface area contributed by atoms with Crippen molar-refractivity contribution in [2.24, 2.45) is 0 Å². The average Bonchev–Trinajstić information content (AvgIpc) is 3.25. The summed E-state index contributed by atoms with van der Waals surface area (Å²) >= 11 is 6.03. The first-order valence-corrected chi connectivity index (χ1v) is 13.2. The first-order valence-electron chi connectivity index (χ1n) is 10.4. The van der Waals surface area contributed by atoms with Crippen LogP contribution in [0.5, 0.6) is 0 Å². The fourth-order valence-electron chi connectivity index (χ4n) is 3.25. The summed E-state index contributed by atoms with van der Waals surface area (Å²) in [7, 11) is 0. The van der Waals surface area contributed by atoms with Gasteiger partial charge in [-0.2, -0.15) is 9.78 Å². The molecule has 0 atom stereocenters. The number of ether oxygens (including phenoxy) is 1. The molecule has 174 valence electrons. The van der Waals surface area contributed by atoms with Gasteiger partial charge in [0.25, 0.3) is 5.56 Å². The van der Waals surface area contributed by atoms with Gasteiger partial charge in [0.2, 0.25) is 5.91 Å². The molecule has 2 heterocycles. The molecule has 0 spiro atoms. The van der Waals surface area contributed by atoms with Crippen molar-refractivity contribution in [1.29, 1.82) is 0 Å². The van der Waals surface area contributed by atoms with E-state index in [1.165, 1.54) is 23.1 Å². The summed E-state index contributed by atoms with van der Waals surface area (Å²) in [6, 6.07) is 16.9. The number of aromatic nitrogens is 2. The zero-order chi connectivity index (χ0) is 24.1. The van der Waals surface area contributed by atoms with Crippen LogP contribution in [0.3, 0.4) is 0 Å². The van der Waals surface area contributed by atoms with E-state index in [1.807, 2.05) is 30.3 Å². The molecule has 0 radical (unpaired) electrons. The molecule has 7 nitrogen and oxygen atoms in total. The maximum atomic E-state index is 13.4. The lowest BCUT2D eigenvalue weighted by Crippen LogP contribution is -2.25. The van der Waals surface area contributed by atoms with Crippen LogP contribution in [0.1, 0.15) is 23.0 Å². The number of hydrogen-bond acceptors (Lipinski definition) is 7. The van der Waals surface area contributed by atoms with E-state index >= 15 is 0 Å². The van der Waals surface area contributed by atoms with E-state index in [-0.39, 0.29) is 29.3 Å². The van der Waals surface area contributed by atoms with Gasteiger partial charge in [0, 0.05) is 21.0 Å². The molecule has 0 fully saturated rings.